The lowest BCUT2D eigenvalue weighted by Gasteiger charge is -2.10. The van der Waals surface area contributed by atoms with Crippen molar-refractivity contribution in [2.75, 3.05) is 0 Å². The Kier molecular flexibility index (Phi) is 5.01. The number of ether oxygens (including phenoxy) is 1. The second kappa shape index (κ2) is 6.95. The van der Waals surface area contributed by atoms with Crippen molar-refractivity contribution in [3.8, 4) is 5.75 Å². The van der Waals surface area contributed by atoms with Gasteiger partial charge in [-0.2, -0.15) is 0 Å². The Morgan fingerprint density at radius 2 is 2.05 bits per heavy atom. The van der Waals surface area contributed by atoms with E-state index in [2.05, 4.69) is 0 Å². The number of halogens is 1. The average molecular weight is 303 g/mol. The van der Waals surface area contributed by atoms with Crippen LogP contribution in [0.4, 0.5) is 0 Å². The predicted octanol–water partition coefficient (Wildman–Crippen LogP) is 4.33. The Bertz CT molecular complexity index is 677. The van der Waals surface area contributed by atoms with Gasteiger partial charge in [0.2, 0.25) is 0 Å². The maximum atomic E-state index is 10.5. The summed E-state index contributed by atoms with van der Waals surface area (Å²) in [7, 11) is 0. The molecule has 0 aliphatic carbocycles. The Morgan fingerprint density at radius 3 is 2.71 bits per heavy atom. The third-order valence-corrected chi connectivity index (χ3v) is 3.31. The molecule has 0 bridgehead atoms. The largest absolute Gasteiger partial charge is 0.487 e. The van der Waals surface area contributed by atoms with Crippen molar-refractivity contribution >= 4 is 23.6 Å². The molecular weight excluding hydrogens is 288 g/mol. The van der Waals surface area contributed by atoms with Crippen molar-refractivity contribution in [1.82, 2.24) is 0 Å². The molecule has 0 aliphatic heterocycles. The zero-order chi connectivity index (χ0) is 15.2. The van der Waals surface area contributed by atoms with Gasteiger partial charge in [0, 0.05) is 6.08 Å². The third kappa shape index (κ3) is 4.36. The van der Waals surface area contributed by atoms with Crippen LogP contribution in [0.25, 0.3) is 6.08 Å². The molecule has 4 heteroatoms. The maximum Gasteiger partial charge on any atom is 0.328 e. The van der Waals surface area contributed by atoms with Crippen LogP contribution in [0.3, 0.4) is 0 Å². The lowest BCUT2D eigenvalue weighted by atomic mass is 10.1. The van der Waals surface area contributed by atoms with Gasteiger partial charge in [0.05, 0.1) is 5.02 Å². The van der Waals surface area contributed by atoms with Gasteiger partial charge in [0.1, 0.15) is 12.4 Å². The molecule has 1 N–H and O–H groups in total. The second-order valence-corrected chi connectivity index (χ2v) is 4.98. The molecule has 0 atom stereocenters. The summed E-state index contributed by atoms with van der Waals surface area (Å²) in [6.07, 6.45) is 2.55. The molecule has 0 spiro atoms. The number of carbonyl (C=O) groups is 1. The van der Waals surface area contributed by atoms with E-state index in [1.54, 1.807) is 18.2 Å². The standard InChI is InChI=1S/C17H15ClO3/c1-12-4-2-3-5-14(12)11-21-16-8-6-13(10-15(16)18)7-9-17(19)20/h2-10H,11H2,1H3,(H,19,20)/b9-7+. The van der Waals surface area contributed by atoms with Crippen LogP contribution in [-0.4, -0.2) is 11.1 Å². The number of aryl methyl sites for hydroxylation is 1. The fraction of sp³-hybridized carbons (Fsp3) is 0.118. The molecule has 3 nitrogen and oxygen atoms in total. The molecule has 108 valence electrons. The number of aliphatic carboxylic acids is 1. The lowest BCUT2D eigenvalue weighted by Crippen LogP contribution is -1.98. The minimum Gasteiger partial charge on any atom is -0.487 e. The monoisotopic (exact) mass is 302 g/mol. The van der Waals surface area contributed by atoms with Crippen LogP contribution in [-0.2, 0) is 11.4 Å². The van der Waals surface area contributed by atoms with Gasteiger partial charge in [-0.3, -0.25) is 0 Å². The van der Waals surface area contributed by atoms with E-state index in [4.69, 9.17) is 21.4 Å². The lowest BCUT2D eigenvalue weighted by molar-refractivity contribution is -0.131. The molecule has 0 amide bonds. The van der Waals surface area contributed by atoms with E-state index in [0.717, 1.165) is 17.2 Å². The number of benzene rings is 2. The molecule has 2 aromatic carbocycles. The highest BCUT2D eigenvalue weighted by atomic mass is 35.5. The molecule has 0 fully saturated rings. The zero-order valence-corrected chi connectivity index (χ0v) is 12.3. The molecule has 21 heavy (non-hydrogen) atoms. The van der Waals surface area contributed by atoms with Crippen molar-refractivity contribution in [2.24, 2.45) is 0 Å². The van der Waals surface area contributed by atoms with Gasteiger partial charge >= 0.3 is 5.97 Å². The van der Waals surface area contributed by atoms with Crippen LogP contribution in [0, 0.1) is 6.92 Å². The molecular formula is C17H15ClO3. The van der Waals surface area contributed by atoms with E-state index in [0.29, 0.717) is 22.9 Å². The molecule has 0 radical (unpaired) electrons. The van der Waals surface area contributed by atoms with E-state index < -0.39 is 5.97 Å². The summed E-state index contributed by atoms with van der Waals surface area (Å²) >= 11 is 6.14. The summed E-state index contributed by atoms with van der Waals surface area (Å²) in [5.74, 6) is -0.418. The van der Waals surface area contributed by atoms with Gasteiger partial charge in [0.15, 0.2) is 0 Å². The first-order valence-corrected chi connectivity index (χ1v) is 6.82. The van der Waals surface area contributed by atoms with Crippen LogP contribution in [0.1, 0.15) is 16.7 Å². The normalized spacial score (nSPS) is 10.8. The van der Waals surface area contributed by atoms with E-state index in [1.165, 1.54) is 6.08 Å². The number of carboxylic acids is 1. The van der Waals surface area contributed by atoms with E-state index in [9.17, 15) is 4.79 Å². The number of rotatable bonds is 5. The van der Waals surface area contributed by atoms with Crippen LogP contribution in [0.5, 0.6) is 5.75 Å². The zero-order valence-electron chi connectivity index (χ0n) is 11.5. The molecule has 0 heterocycles. The van der Waals surface area contributed by atoms with Gasteiger partial charge < -0.3 is 9.84 Å². The highest BCUT2D eigenvalue weighted by molar-refractivity contribution is 6.32. The van der Waals surface area contributed by atoms with E-state index in [-0.39, 0.29) is 0 Å². The predicted molar refractivity (Wildman–Crippen MR) is 83.6 cm³/mol. The topological polar surface area (TPSA) is 46.5 Å². The smallest absolute Gasteiger partial charge is 0.328 e. The van der Waals surface area contributed by atoms with Crippen LogP contribution in [0.2, 0.25) is 5.02 Å². The van der Waals surface area contributed by atoms with Crippen LogP contribution < -0.4 is 4.74 Å². The fourth-order valence-corrected chi connectivity index (χ4v) is 2.08. The summed E-state index contributed by atoms with van der Waals surface area (Å²) in [6.45, 7) is 2.47. The highest BCUT2D eigenvalue weighted by Crippen LogP contribution is 2.27. The first-order chi connectivity index (χ1) is 10.1. The highest BCUT2D eigenvalue weighted by Gasteiger charge is 2.04. The first-order valence-electron chi connectivity index (χ1n) is 6.44. The van der Waals surface area contributed by atoms with Crippen molar-refractivity contribution in [1.29, 1.82) is 0 Å². The molecule has 2 aromatic rings. The Balaban J connectivity index is 2.08. The Labute approximate surface area is 128 Å². The maximum absolute atomic E-state index is 10.5. The summed E-state index contributed by atoms with van der Waals surface area (Å²) < 4.78 is 5.71. The minimum absolute atomic E-state index is 0.441. The van der Waals surface area contributed by atoms with Crippen LogP contribution >= 0.6 is 11.6 Å². The average Bonchev–Trinajstić information content (AvgIpc) is 2.45. The molecule has 0 aromatic heterocycles. The van der Waals surface area contributed by atoms with Gasteiger partial charge in [-0.15, -0.1) is 0 Å². The first kappa shape index (κ1) is 15.1. The van der Waals surface area contributed by atoms with Crippen molar-refractivity contribution in [3.05, 3.63) is 70.3 Å². The third-order valence-electron chi connectivity index (χ3n) is 3.02. The SMILES string of the molecule is Cc1ccccc1COc1ccc(/C=C/C(=O)O)cc1Cl. The van der Waals surface area contributed by atoms with Gasteiger partial charge in [-0.05, 0) is 41.8 Å². The quantitative estimate of drug-likeness (QED) is 0.836. The van der Waals surface area contributed by atoms with Gasteiger partial charge in [0.25, 0.3) is 0 Å². The van der Waals surface area contributed by atoms with Crippen LogP contribution in [0.15, 0.2) is 48.5 Å². The van der Waals surface area contributed by atoms with Gasteiger partial charge in [-0.1, -0.05) is 41.9 Å². The fourth-order valence-electron chi connectivity index (χ4n) is 1.83. The van der Waals surface area contributed by atoms with Gasteiger partial charge in [-0.25, -0.2) is 4.79 Å². The summed E-state index contributed by atoms with van der Waals surface area (Å²) in [5.41, 5.74) is 2.98. The molecule has 0 unspecified atom stereocenters. The molecule has 0 aliphatic rings. The summed E-state index contributed by atoms with van der Waals surface area (Å²) in [5, 5.41) is 9.05. The van der Waals surface area contributed by atoms with E-state index in [1.807, 2.05) is 31.2 Å². The molecule has 0 saturated carbocycles. The summed E-state index contributed by atoms with van der Waals surface area (Å²) in [6, 6.07) is 13.2. The Morgan fingerprint density at radius 1 is 1.29 bits per heavy atom. The molecule has 2 rings (SSSR count). The number of carboxylic acid groups (broad SMARTS) is 1. The number of hydrogen-bond donors (Lipinski definition) is 1. The van der Waals surface area contributed by atoms with E-state index >= 15 is 0 Å². The van der Waals surface area contributed by atoms with Crippen molar-refractivity contribution in [2.45, 2.75) is 13.5 Å². The minimum atomic E-state index is -0.994. The molecule has 0 saturated heterocycles. The summed E-state index contributed by atoms with van der Waals surface area (Å²) in [4.78, 5) is 10.5. The van der Waals surface area contributed by atoms with Crippen molar-refractivity contribution in [3.63, 3.8) is 0 Å². The number of hydrogen-bond acceptors (Lipinski definition) is 2. The second-order valence-electron chi connectivity index (χ2n) is 4.58. The Hall–Kier alpha value is -2.26. The van der Waals surface area contributed by atoms with Crippen molar-refractivity contribution < 1.29 is 14.6 Å².